The molecule has 0 fully saturated rings. The smallest absolute Gasteiger partial charge is 0.243 e. The average molecular weight is 336 g/mol. The van der Waals surface area contributed by atoms with Crippen molar-refractivity contribution in [2.24, 2.45) is 0 Å². The zero-order chi connectivity index (χ0) is 16.4. The van der Waals surface area contributed by atoms with Crippen LogP contribution in [0, 0.1) is 0 Å². The van der Waals surface area contributed by atoms with E-state index in [1.807, 2.05) is 65.3 Å². The Morgan fingerprint density at radius 3 is 2.42 bits per heavy atom. The summed E-state index contributed by atoms with van der Waals surface area (Å²) in [6.45, 7) is 0.449. The van der Waals surface area contributed by atoms with Gasteiger partial charge < -0.3 is 4.74 Å². The zero-order valence-corrected chi connectivity index (χ0v) is 13.5. The first-order valence-electron chi connectivity index (χ1n) is 7.58. The molecule has 0 spiro atoms. The molecule has 0 aliphatic heterocycles. The highest BCUT2D eigenvalue weighted by Gasteiger charge is 2.14. The maximum atomic E-state index is 6.07. The third-order valence-electron chi connectivity index (χ3n) is 3.72. The second-order valence-corrected chi connectivity index (χ2v) is 5.74. The van der Waals surface area contributed by atoms with Gasteiger partial charge in [-0.1, -0.05) is 60.1 Å². The molecular formula is C19H14ClN3O. The van der Waals surface area contributed by atoms with Crippen molar-refractivity contribution in [3.63, 3.8) is 0 Å². The summed E-state index contributed by atoms with van der Waals surface area (Å²) in [7, 11) is 0. The van der Waals surface area contributed by atoms with Crippen LogP contribution in [0.25, 0.3) is 16.6 Å². The average Bonchev–Trinajstić information content (AvgIpc) is 2.99. The quantitative estimate of drug-likeness (QED) is 0.509. The van der Waals surface area contributed by atoms with Crippen LogP contribution in [0.2, 0.25) is 5.15 Å². The van der Waals surface area contributed by atoms with Gasteiger partial charge in [-0.05, 0) is 17.7 Å². The van der Waals surface area contributed by atoms with E-state index in [-0.39, 0.29) is 0 Å². The molecule has 0 saturated carbocycles. The third kappa shape index (κ3) is 2.84. The minimum Gasteiger partial charge on any atom is -0.471 e. The summed E-state index contributed by atoms with van der Waals surface area (Å²) in [6.07, 6.45) is 1.70. The van der Waals surface area contributed by atoms with Gasteiger partial charge in [-0.25, -0.2) is 9.67 Å². The molecule has 4 nitrogen and oxygen atoms in total. The SMILES string of the molecule is Clc1cc2c(cn1)c(OCc1ccccc1)nn2-c1ccccc1. The van der Waals surface area contributed by atoms with E-state index < -0.39 is 0 Å². The van der Waals surface area contributed by atoms with Gasteiger partial charge in [0.2, 0.25) is 5.88 Å². The maximum absolute atomic E-state index is 6.07. The normalized spacial score (nSPS) is 10.9. The topological polar surface area (TPSA) is 39.9 Å². The van der Waals surface area contributed by atoms with Crippen molar-refractivity contribution in [1.82, 2.24) is 14.8 Å². The molecule has 5 heteroatoms. The van der Waals surface area contributed by atoms with E-state index in [9.17, 15) is 0 Å². The predicted octanol–water partition coefficient (Wildman–Crippen LogP) is 4.65. The fourth-order valence-electron chi connectivity index (χ4n) is 2.56. The lowest BCUT2D eigenvalue weighted by molar-refractivity contribution is 0.295. The summed E-state index contributed by atoms with van der Waals surface area (Å²) in [5.41, 5.74) is 2.89. The van der Waals surface area contributed by atoms with E-state index in [1.165, 1.54) is 0 Å². The Balaban J connectivity index is 1.76. The van der Waals surface area contributed by atoms with E-state index in [1.54, 1.807) is 12.3 Å². The molecule has 24 heavy (non-hydrogen) atoms. The van der Waals surface area contributed by atoms with Crippen LogP contribution in [0.3, 0.4) is 0 Å². The zero-order valence-electron chi connectivity index (χ0n) is 12.8. The van der Waals surface area contributed by atoms with Gasteiger partial charge in [-0.15, -0.1) is 5.10 Å². The van der Waals surface area contributed by atoms with E-state index >= 15 is 0 Å². The first-order chi connectivity index (χ1) is 11.8. The monoisotopic (exact) mass is 335 g/mol. The Kier molecular flexibility index (Phi) is 3.89. The Morgan fingerprint density at radius 2 is 1.67 bits per heavy atom. The number of hydrogen-bond donors (Lipinski definition) is 0. The van der Waals surface area contributed by atoms with Gasteiger partial charge in [0.15, 0.2) is 0 Å². The molecule has 0 N–H and O–H groups in total. The Hall–Kier alpha value is -2.85. The summed E-state index contributed by atoms with van der Waals surface area (Å²) < 4.78 is 7.75. The molecule has 2 heterocycles. The van der Waals surface area contributed by atoms with Crippen LogP contribution in [0.1, 0.15) is 5.56 Å². The number of nitrogens with zero attached hydrogens (tertiary/aromatic N) is 3. The van der Waals surface area contributed by atoms with Crippen molar-refractivity contribution in [2.75, 3.05) is 0 Å². The number of pyridine rings is 1. The van der Waals surface area contributed by atoms with Gasteiger partial charge in [0, 0.05) is 12.3 Å². The van der Waals surface area contributed by atoms with Crippen LogP contribution in [-0.4, -0.2) is 14.8 Å². The fraction of sp³-hybridized carbons (Fsp3) is 0.0526. The van der Waals surface area contributed by atoms with Gasteiger partial charge in [0.1, 0.15) is 11.8 Å². The van der Waals surface area contributed by atoms with Crippen molar-refractivity contribution in [3.05, 3.63) is 83.6 Å². The minimum atomic E-state index is 0.425. The number of hydrogen-bond acceptors (Lipinski definition) is 3. The molecule has 4 rings (SSSR count). The Morgan fingerprint density at radius 1 is 0.958 bits per heavy atom. The van der Waals surface area contributed by atoms with Crippen molar-refractivity contribution in [3.8, 4) is 11.6 Å². The standard InChI is InChI=1S/C19H14ClN3O/c20-18-11-17-16(12-21-18)19(24-13-14-7-3-1-4-8-14)22-23(17)15-9-5-2-6-10-15/h1-12H,13H2. The summed E-state index contributed by atoms with van der Waals surface area (Å²) in [5.74, 6) is 0.543. The molecule has 0 saturated heterocycles. The third-order valence-corrected chi connectivity index (χ3v) is 3.92. The van der Waals surface area contributed by atoms with Gasteiger partial charge in [0.25, 0.3) is 0 Å². The van der Waals surface area contributed by atoms with Crippen LogP contribution < -0.4 is 4.74 Å². The van der Waals surface area contributed by atoms with Gasteiger partial charge >= 0.3 is 0 Å². The lowest BCUT2D eigenvalue weighted by Gasteiger charge is -2.03. The highest BCUT2D eigenvalue weighted by atomic mass is 35.5. The number of rotatable bonds is 4. The molecule has 4 aromatic rings. The number of benzene rings is 2. The summed E-state index contributed by atoms with van der Waals surface area (Å²) in [4.78, 5) is 4.16. The molecule has 2 aromatic heterocycles. The molecule has 0 aliphatic rings. The van der Waals surface area contributed by atoms with Crippen LogP contribution in [-0.2, 0) is 6.61 Å². The number of halogens is 1. The van der Waals surface area contributed by atoms with Crippen LogP contribution in [0.5, 0.6) is 5.88 Å². The van der Waals surface area contributed by atoms with E-state index in [2.05, 4.69) is 10.1 Å². The predicted molar refractivity (Wildman–Crippen MR) is 94.6 cm³/mol. The molecule has 2 aromatic carbocycles. The second kappa shape index (κ2) is 6.34. The molecule has 0 atom stereocenters. The number of aromatic nitrogens is 3. The number of fused-ring (bicyclic) bond motifs is 1. The van der Waals surface area contributed by atoms with Crippen LogP contribution in [0.15, 0.2) is 72.9 Å². The van der Waals surface area contributed by atoms with Crippen LogP contribution in [0.4, 0.5) is 0 Å². The Labute approximate surface area is 144 Å². The first kappa shape index (κ1) is 14.7. The lowest BCUT2D eigenvalue weighted by Crippen LogP contribution is -1.98. The van der Waals surface area contributed by atoms with E-state index in [0.29, 0.717) is 17.6 Å². The lowest BCUT2D eigenvalue weighted by atomic mass is 10.2. The van der Waals surface area contributed by atoms with Crippen LogP contribution >= 0.6 is 11.6 Å². The van der Waals surface area contributed by atoms with Gasteiger partial charge in [-0.2, -0.15) is 0 Å². The number of para-hydroxylation sites is 1. The summed E-state index contributed by atoms with van der Waals surface area (Å²) in [6, 6.07) is 21.7. The highest BCUT2D eigenvalue weighted by Crippen LogP contribution is 2.29. The van der Waals surface area contributed by atoms with Crippen molar-refractivity contribution >= 4 is 22.5 Å². The largest absolute Gasteiger partial charge is 0.471 e. The molecule has 0 bridgehead atoms. The Bertz CT molecular complexity index is 968. The molecule has 0 aliphatic carbocycles. The number of ether oxygens (including phenoxy) is 1. The molecule has 0 amide bonds. The molecule has 0 radical (unpaired) electrons. The van der Waals surface area contributed by atoms with Gasteiger partial charge in [-0.3, -0.25) is 0 Å². The molecular weight excluding hydrogens is 322 g/mol. The summed E-state index contributed by atoms with van der Waals surface area (Å²) >= 11 is 6.07. The second-order valence-electron chi connectivity index (χ2n) is 5.35. The molecule has 0 unspecified atom stereocenters. The van der Waals surface area contributed by atoms with Crippen molar-refractivity contribution in [2.45, 2.75) is 6.61 Å². The fourth-order valence-corrected chi connectivity index (χ4v) is 2.71. The van der Waals surface area contributed by atoms with E-state index in [4.69, 9.17) is 16.3 Å². The summed E-state index contributed by atoms with van der Waals surface area (Å²) in [5, 5.41) is 5.87. The van der Waals surface area contributed by atoms with E-state index in [0.717, 1.165) is 22.2 Å². The highest BCUT2D eigenvalue weighted by molar-refractivity contribution is 6.30. The molecule has 118 valence electrons. The first-order valence-corrected chi connectivity index (χ1v) is 7.95. The van der Waals surface area contributed by atoms with Gasteiger partial charge in [0.05, 0.1) is 16.6 Å². The minimum absolute atomic E-state index is 0.425. The maximum Gasteiger partial charge on any atom is 0.243 e. The van der Waals surface area contributed by atoms with Crippen molar-refractivity contribution < 1.29 is 4.74 Å². The van der Waals surface area contributed by atoms with Crippen molar-refractivity contribution in [1.29, 1.82) is 0 Å².